The Bertz CT molecular complexity index is 740. The molecule has 0 radical (unpaired) electrons. The van der Waals surface area contributed by atoms with Crippen LogP contribution in [-0.2, 0) is 4.74 Å². The van der Waals surface area contributed by atoms with Crippen LogP contribution in [0.15, 0.2) is 36.4 Å². The fourth-order valence-corrected chi connectivity index (χ4v) is 2.16. The van der Waals surface area contributed by atoms with Crippen molar-refractivity contribution in [1.82, 2.24) is 0 Å². The zero-order valence-electron chi connectivity index (χ0n) is 11.1. The van der Waals surface area contributed by atoms with Gasteiger partial charge in [0.25, 0.3) is 0 Å². The molecule has 0 aliphatic rings. The van der Waals surface area contributed by atoms with Gasteiger partial charge < -0.3 is 10.5 Å². The van der Waals surface area contributed by atoms with Crippen molar-refractivity contribution < 1.29 is 9.53 Å². The van der Waals surface area contributed by atoms with Crippen molar-refractivity contribution >= 4 is 34.9 Å². The third kappa shape index (κ3) is 3.49. The topological polar surface area (TPSA) is 52.3 Å². The van der Waals surface area contributed by atoms with E-state index in [-0.39, 0.29) is 0 Å². The maximum absolute atomic E-state index is 11.4. The Morgan fingerprint density at radius 3 is 2.38 bits per heavy atom. The summed E-state index contributed by atoms with van der Waals surface area (Å²) >= 11 is 12.1. The molecule has 5 heteroatoms. The summed E-state index contributed by atoms with van der Waals surface area (Å²) in [7, 11) is 1.31. The second-order valence-electron chi connectivity index (χ2n) is 4.14. The van der Waals surface area contributed by atoms with Crippen molar-refractivity contribution in [3.05, 3.63) is 63.1 Å². The van der Waals surface area contributed by atoms with Crippen LogP contribution in [0.2, 0.25) is 10.0 Å². The predicted molar refractivity (Wildman–Crippen MR) is 84.6 cm³/mol. The molecule has 106 valence electrons. The third-order valence-electron chi connectivity index (χ3n) is 2.76. The number of benzene rings is 2. The molecule has 2 aromatic rings. The number of nitrogen functional groups attached to an aromatic ring is 1. The Kier molecular flexibility index (Phi) is 4.74. The smallest absolute Gasteiger partial charge is 0.337 e. The summed E-state index contributed by atoms with van der Waals surface area (Å²) in [5.41, 5.74) is 7.75. The summed E-state index contributed by atoms with van der Waals surface area (Å²) in [5.74, 6) is 5.34. The monoisotopic (exact) mass is 319 g/mol. The fraction of sp³-hybridized carbons (Fsp3) is 0.0625. The number of hydrogen-bond donors (Lipinski definition) is 1. The second-order valence-corrected chi connectivity index (χ2v) is 4.95. The minimum Gasteiger partial charge on any atom is -0.465 e. The van der Waals surface area contributed by atoms with Crippen molar-refractivity contribution in [3.63, 3.8) is 0 Å². The Morgan fingerprint density at radius 2 is 1.81 bits per heavy atom. The zero-order chi connectivity index (χ0) is 15.4. The highest BCUT2D eigenvalue weighted by Crippen LogP contribution is 2.23. The Morgan fingerprint density at radius 1 is 1.14 bits per heavy atom. The number of esters is 1. The molecule has 0 fully saturated rings. The summed E-state index contributed by atoms with van der Waals surface area (Å²) < 4.78 is 4.63. The molecule has 0 saturated heterocycles. The van der Waals surface area contributed by atoms with Gasteiger partial charge in [-0.15, -0.1) is 0 Å². The molecular weight excluding hydrogens is 309 g/mol. The van der Waals surface area contributed by atoms with Crippen LogP contribution < -0.4 is 5.73 Å². The minimum absolute atomic E-state index is 0.372. The average Bonchev–Trinajstić information content (AvgIpc) is 2.47. The normalized spacial score (nSPS) is 9.67. The number of rotatable bonds is 1. The molecule has 0 heterocycles. The van der Waals surface area contributed by atoms with E-state index in [1.54, 1.807) is 30.3 Å². The number of carbonyl (C=O) groups excluding carboxylic acids is 1. The molecule has 3 nitrogen and oxygen atoms in total. The Labute approximate surface area is 132 Å². The van der Waals surface area contributed by atoms with Gasteiger partial charge in [0.05, 0.1) is 28.3 Å². The van der Waals surface area contributed by atoms with Crippen LogP contribution in [0.5, 0.6) is 0 Å². The highest BCUT2D eigenvalue weighted by molar-refractivity contribution is 6.36. The number of nitrogens with two attached hydrogens (primary N) is 1. The van der Waals surface area contributed by atoms with Crippen molar-refractivity contribution in [2.24, 2.45) is 0 Å². The predicted octanol–water partition coefficient (Wildman–Crippen LogP) is 3.76. The van der Waals surface area contributed by atoms with Gasteiger partial charge in [0.15, 0.2) is 0 Å². The van der Waals surface area contributed by atoms with E-state index >= 15 is 0 Å². The molecule has 0 spiro atoms. The van der Waals surface area contributed by atoms with Gasteiger partial charge in [-0.05, 0) is 30.3 Å². The second kappa shape index (κ2) is 6.53. The molecular formula is C16H11Cl2NO2. The van der Waals surface area contributed by atoms with E-state index < -0.39 is 5.97 Å². The highest BCUT2D eigenvalue weighted by atomic mass is 35.5. The van der Waals surface area contributed by atoms with Gasteiger partial charge >= 0.3 is 5.97 Å². The molecule has 0 aliphatic carbocycles. The van der Waals surface area contributed by atoms with Gasteiger partial charge in [0.1, 0.15) is 0 Å². The SMILES string of the molecule is COC(=O)c1ccc(C#Cc2c(Cl)cccc2Cl)c(N)c1. The van der Waals surface area contributed by atoms with E-state index in [0.717, 1.165) is 0 Å². The lowest BCUT2D eigenvalue weighted by Crippen LogP contribution is -2.02. The molecule has 0 bridgehead atoms. The molecule has 0 amide bonds. The van der Waals surface area contributed by atoms with Crippen molar-refractivity contribution in [2.45, 2.75) is 0 Å². The number of carbonyl (C=O) groups is 1. The average molecular weight is 320 g/mol. The van der Waals surface area contributed by atoms with Gasteiger partial charge in [-0.3, -0.25) is 0 Å². The number of ether oxygens (including phenoxy) is 1. The first-order valence-electron chi connectivity index (χ1n) is 5.97. The van der Waals surface area contributed by atoms with E-state index in [4.69, 9.17) is 28.9 Å². The van der Waals surface area contributed by atoms with E-state index in [1.807, 2.05) is 0 Å². The van der Waals surface area contributed by atoms with Gasteiger partial charge in [-0.1, -0.05) is 41.1 Å². The Hall–Kier alpha value is -2.15. The first-order valence-corrected chi connectivity index (χ1v) is 6.72. The van der Waals surface area contributed by atoms with Gasteiger partial charge in [-0.2, -0.15) is 0 Å². The lowest BCUT2D eigenvalue weighted by atomic mass is 10.1. The lowest BCUT2D eigenvalue weighted by Gasteiger charge is -2.03. The summed E-state index contributed by atoms with van der Waals surface area (Å²) in [6, 6.07) is 9.93. The summed E-state index contributed by atoms with van der Waals surface area (Å²) in [6.07, 6.45) is 0. The molecule has 2 rings (SSSR count). The molecule has 0 atom stereocenters. The first-order chi connectivity index (χ1) is 10.0. The van der Waals surface area contributed by atoms with E-state index in [0.29, 0.717) is 32.4 Å². The zero-order valence-corrected chi connectivity index (χ0v) is 12.6. The molecule has 21 heavy (non-hydrogen) atoms. The van der Waals surface area contributed by atoms with Crippen LogP contribution in [0.3, 0.4) is 0 Å². The van der Waals surface area contributed by atoms with E-state index in [2.05, 4.69) is 16.6 Å². The van der Waals surface area contributed by atoms with Crippen molar-refractivity contribution in [1.29, 1.82) is 0 Å². The quantitative estimate of drug-likeness (QED) is 0.494. The molecule has 2 aromatic carbocycles. The number of anilines is 1. The number of halogens is 2. The lowest BCUT2D eigenvalue weighted by molar-refractivity contribution is 0.0601. The first kappa shape index (κ1) is 15.2. The Balaban J connectivity index is 2.38. The fourth-order valence-electron chi connectivity index (χ4n) is 1.67. The molecule has 0 unspecified atom stereocenters. The minimum atomic E-state index is -0.449. The largest absolute Gasteiger partial charge is 0.465 e. The number of methoxy groups -OCH3 is 1. The van der Waals surface area contributed by atoms with E-state index in [9.17, 15) is 4.79 Å². The maximum Gasteiger partial charge on any atom is 0.337 e. The molecule has 0 aromatic heterocycles. The van der Waals surface area contributed by atoms with Crippen LogP contribution in [0, 0.1) is 11.8 Å². The summed E-state index contributed by atoms with van der Waals surface area (Å²) in [4.78, 5) is 11.4. The maximum atomic E-state index is 11.4. The molecule has 0 aliphatic heterocycles. The summed E-state index contributed by atoms with van der Waals surface area (Å²) in [6.45, 7) is 0. The van der Waals surface area contributed by atoms with Gasteiger partial charge in [-0.25, -0.2) is 4.79 Å². The van der Waals surface area contributed by atoms with Crippen molar-refractivity contribution in [2.75, 3.05) is 12.8 Å². The van der Waals surface area contributed by atoms with Crippen LogP contribution in [0.4, 0.5) is 5.69 Å². The van der Waals surface area contributed by atoms with Gasteiger partial charge in [0.2, 0.25) is 0 Å². The van der Waals surface area contributed by atoms with E-state index in [1.165, 1.54) is 13.2 Å². The third-order valence-corrected chi connectivity index (χ3v) is 3.39. The van der Waals surface area contributed by atoms with Crippen molar-refractivity contribution in [3.8, 4) is 11.8 Å². The number of hydrogen-bond acceptors (Lipinski definition) is 3. The van der Waals surface area contributed by atoms with Gasteiger partial charge in [0, 0.05) is 11.3 Å². The van der Waals surface area contributed by atoms with Crippen LogP contribution in [0.1, 0.15) is 21.5 Å². The summed E-state index contributed by atoms with van der Waals surface area (Å²) in [5, 5.41) is 0.944. The highest BCUT2D eigenvalue weighted by Gasteiger charge is 2.07. The van der Waals surface area contributed by atoms with Crippen LogP contribution >= 0.6 is 23.2 Å². The molecule has 0 saturated carbocycles. The standard InChI is InChI=1S/C16H11Cl2NO2/c1-21-16(20)11-6-5-10(15(19)9-11)7-8-12-13(17)3-2-4-14(12)18/h2-6,9H,19H2,1H3. The van der Waals surface area contributed by atoms with Crippen LogP contribution in [0.25, 0.3) is 0 Å². The van der Waals surface area contributed by atoms with Crippen LogP contribution in [-0.4, -0.2) is 13.1 Å². The molecule has 2 N–H and O–H groups in total.